The maximum atomic E-state index is 12.4. The predicted molar refractivity (Wildman–Crippen MR) is 127 cm³/mol. The highest BCUT2D eigenvalue weighted by atomic mass is 35.5. The van der Waals surface area contributed by atoms with Crippen LogP contribution in [-0.2, 0) is 9.53 Å². The standard InChI is InChI=1S/C24H25ClN4O3/c1-4-32-24(31)21-7-5-6-8-22(21)29-16(2)13-18(17(29)3)14-27-28-23(30)15-26-20-11-9-19(25)10-12-20/h5-14,26H,4,15H2,1-3H3,(H,28,30)/b27-14-. The van der Waals surface area contributed by atoms with Crippen molar-refractivity contribution in [3.05, 3.63) is 82.1 Å². The van der Waals surface area contributed by atoms with Gasteiger partial charge in [-0.25, -0.2) is 10.2 Å². The Morgan fingerprint density at radius 2 is 1.84 bits per heavy atom. The number of anilines is 1. The molecular weight excluding hydrogens is 428 g/mol. The Bertz CT molecular complexity index is 1140. The number of carbonyl (C=O) groups excluding carboxylic acids is 2. The van der Waals surface area contributed by atoms with E-state index in [0.29, 0.717) is 17.2 Å². The molecule has 2 aromatic carbocycles. The number of nitrogens with one attached hydrogen (secondary N) is 2. The van der Waals surface area contributed by atoms with E-state index in [1.165, 1.54) is 0 Å². The molecule has 0 bridgehead atoms. The van der Waals surface area contributed by atoms with E-state index in [-0.39, 0.29) is 18.4 Å². The van der Waals surface area contributed by atoms with Gasteiger partial charge in [0.25, 0.3) is 5.91 Å². The number of benzene rings is 2. The lowest BCUT2D eigenvalue weighted by Crippen LogP contribution is -2.25. The van der Waals surface area contributed by atoms with E-state index in [2.05, 4.69) is 15.8 Å². The first kappa shape index (κ1) is 23.1. The third-order valence-corrected chi connectivity index (χ3v) is 5.05. The molecule has 32 heavy (non-hydrogen) atoms. The van der Waals surface area contributed by atoms with Crippen LogP contribution in [0, 0.1) is 13.8 Å². The van der Waals surface area contributed by atoms with Crippen LogP contribution < -0.4 is 10.7 Å². The summed E-state index contributed by atoms with van der Waals surface area (Å²) in [5, 5.41) is 7.71. The van der Waals surface area contributed by atoms with Gasteiger partial charge in [-0.1, -0.05) is 23.7 Å². The van der Waals surface area contributed by atoms with Gasteiger partial charge in [-0.15, -0.1) is 0 Å². The average Bonchev–Trinajstić information content (AvgIpc) is 3.06. The zero-order chi connectivity index (χ0) is 23.1. The first-order valence-electron chi connectivity index (χ1n) is 10.2. The molecule has 0 aliphatic heterocycles. The summed E-state index contributed by atoms with van der Waals surface area (Å²) >= 11 is 5.85. The van der Waals surface area contributed by atoms with E-state index in [4.69, 9.17) is 16.3 Å². The number of amides is 1. The molecular formula is C24H25ClN4O3. The van der Waals surface area contributed by atoms with Crippen LogP contribution in [0.15, 0.2) is 59.7 Å². The van der Waals surface area contributed by atoms with Crippen molar-refractivity contribution in [2.24, 2.45) is 5.10 Å². The van der Waals surface area contributed by atoms with Gasteiger partial charge in [0.05, 0.1) is 30.6 Å². The average molecular weight is 453 g/mol. The van der Waals surface area contributed by atoms with Crippen molar-refractivity contribution >= 4 is 35.4 Å². The van der Waals surface area contributed by atoms with Gasteiger partial charge < -0.3 is 14.6 Å². The first-order valence-corrected chi connectivity index (χ1v) is 10.5. The summed E-state index contributed by atoms with van der Waals surface area (Å²) < 4.78 is 7.16. The van der Waals surface area contributed by atoms with Crippen LogP contribution in [0.25, 0.3) is 5.69 Å². The van der Waals surface area contributed by atoms with Gasteiger partial charge in [-0.3, -0.25) is 4.79 Å². The van der Waals surface area contributed by atoms with E-state index in [1.807, 2.05) is 36.6 Å². The lowest BCUT2D eigenvalue weighted by molar-refractivity contribution is -0.119. The molecule has 0 unspecified atom stereocenters. The number of hydrogen-bond donors (Lipinski definition) is 2. The summed E-state index contributed by atoms with van der Waals surface area (Å²) in [5.74, 6) is -0.649. The SMILES string of the molecule is CCOC(=O)c1ccccc1-n1c(C)cc(/C=N\NC(=O)CNc2ccc(Cl)cc2)c1C. The smallest absolute Gasteiger partial charge is 0.340 e. The second-order valence-corrected chi connectivity index (χ2v) is 7.49. The van der Waals surface area contributed by atoms with Crippen molar-refractivity contribution in [3.63, 3.8) is 0 Å². The molecule has 1 amide bonds. The number of hydrogen-bond acceptors (Lipinski definition) is 5. The Labute approximate surface area is 192 Å². The highest BCUT2D eigenvalue weighted by molar-refractivity contribution is 6.30. The summed E-state index contributed by atoms with van der Waals surface area (Å²) in [6.45, 7) is 6.04. The Kier molecular flexibility index (Phi) is 7.68. The Morgan fingerprint density at radius 3 is 2.56 bits per heavy atom. The lowest BCUT2D eigenvalue weighted by Gasteiger charge is -2.14. The topological polar surface area (TPSA) is 84.7 Å². The zero-order valence-corrected chi connectivity index (χ0v) is 18.9. The minimum atomic E-state index is -0.369. The van der Waals surface area contributed by atoms with Crippen molar-refractivity contribution in [3.8, 4) is 5.69 Å². The molecule has 7 nitrogen and oxygen atoms in total. The van der Waals surface area contributed by atoms with Gasteiger partial charge in [0.2, 0.25) is 0 Å². The third kappa shape index (κ3) is 5.56. The summed E-state index contributed by atoms with van der Waals surface area (Å²) in [5.41, 5.74) is 7.16. The second kappa shape index (κ2) is 10.6. The van der Waals surface area contributed by atoms with Gasteiger partial charge in [-0.05, 0) is 63.2 Å². The van der Waals surface area contributed by atoms with Crippen LogP contribution in [0.3, 0.4) is 0 Å². The fraction of sp³-hybridized carbons (Fsp3) is 0.208. The summed E-state index contributed by atoms with van der Waals surface area (Å²) in [6.07, 6.45) is 1.59. The first-order chi connectivity index (χ1) is 15.4. The zero-order valence-electron chi connectivity index (χ0n) is 18.2. The van der Waals surface area contributed by atoms with Gasteiger partial charge >= 0.3 is 5.97 Å². The molecule has 1 heterocycles. The molecule has 166 valence electrons. The molecule has 3 aromatic rings. The lowest BCUT2D eigenvalue weighted by atomic mass is 10.1. The van der Waals surface area contributed by atoms with E-state index in [0.717, 1.165) is 28.3 Å². The number of ether oxygens (including phenoxy) is 1. The van der Waals surface area contributed by atoms with Crippen LogP contribution in [0.5, 0.6) is 0 Å². The molecule has 1 aromatic heterocycles. The monoisotopic (exact) mass is 452 g/mol. The third-order valence-electron chi connectivity index (χ3n) is 4.80. The summed E-state index contributed by atoms with van der Waals surface area (Å²) in [7, 11) is 0. The van der Waals surface area contributed by atoms with E-state index < -0.39 is 0 Å². The van der Waals surface area contributed by atoms with Gasteiger partial charge in [0.15, 0.2) is 0 Å². The minimum absolute atomic E-state index is 0.0743. The molecule has 0 saturated heterocycles. The van der Waals surface area contributed by atoms with Crippen molar-refractivity contribution in [1.29, 1.82) is 0 Å². The van der Waals surface area contributed by atoms with E-state index in [9.17, 15) is 9.59 Å². The van der Waals surface area contributed by atoms with Gasteiger partial charge in [-0.2, -0.15) is 5.10 Å². The molecule has 0 spiro atoms. The molecule has 8 heteroatoms. The van der Waals surface area contributed by atoms with Crippen LogP contribution >= 0.6 is 11.6 Å². The van der Waals surface area contributed by atoms with Crippen molar-refractivity contribution in [1.82, 2.24) is 9.99 Å². The molecule has 0 atom stereocenters. The van der Waals surface area contributed by atoms with Crippen LogP contribution in [0.2, 0.25) is 5.02 Å². The maximum absolute atomic E-state index is 12.4. The highest BCUT2D eigenvalue weighted by Gasteiger charge is 2.17. The fourth-order valence-corrected chi connectivity index (χ4v) is 3.43. The highest BCUT2D eigenvalue weighted by Crippen LogP contribution is 2.23. The minimum Gasteiger partial charge on any atom is -0.462 e. The number of aryl methyl sites for hydroxylation is 1. The molecule has 0 aliphatic rings. The normalized spacial score (nSPS) is 10.9. The van der Waals surface area contributed by atoms with Gasteiger partial charge in [0.1, 0.15) is 0 Å². The van der Waals surface area contributed by atoms with Crippen LogP contribution in [0.4, 0.5) is 5.69 Å². The largest absolute Gasteiger partial charge is 0.462 e. The number of aromatic nitrogens is 1. The Hall–Kier alpha value is -3.58. The predicted octanol–water partition coefficient (Wildman–Crippen LogP) is 4.49. The quantitative estimate of drug-likeness (QED) is 0.299. The maximum Gasteiger partial charge on any atom is 0.340 e. The Balaban J connectivity index is 1.70. The van der Waals surface area contributed by atoms with Crippen LogP contribution in [0.1, 0.15) is 34.2 Å². The van der Waals surface area contributed by atoms with Crippen molar-refractivity contribution < 1.29 is 14.3 Å². The molecule has 0 saturated carbocycles. The molecule has 2 N–H and O–H groups in total. The van der Waals surface area contributed by atoms with Crippen LogP contribution in [-0.4, -0.2) is 35.8 Å². The van der Waals surface area contributed by atoms with Gasteiger partial charge in [0, 0.05) is 27.7 Å². The number of esters is 1. The number of hydrazone groups is 1. The number of halogens is 1. The van der Waals surface area contributed by atoms with E-state index >= 15 is 0 Å². The van der Waals surface area contributed by atoms with Crippen molar-refractivity contribution in [2.45, 2.75) is 20.8 Å². The fourth-order valence-electron chi connectivity index (χ4n) is 3.30. The number of nitrogens with zero attached hydrogens (tertiary/aromatic N) is 2. The van der Waals surface area contributed by atoms with Crippen molar-refractivity contribution in [2.75, 3.05) is 18.5 Å². The number of rotatable bonds is 8. The van der Waals surface area contributed by atoms with E-state index in [1.54, 1.807) is 49.5 Å². The number of para-hydroxylation sites is 1. The second-order valence-electron chi connectivity index (χ2n) is 7.05. The Morgan fingerprint density at radius 1 is 1.12 bits per heavy atom. The number of carbonyl (C=O) groups is 2. The molecule has 0 radical (unpaired) electrons. The molecule has 0 fully saturated rings. The molecule has 0 aliphatic carbocycles. The summed E-state index contributed by atoms with van der Waals surface area (Å²) in [6, 6.07) is 16.3. The molecule has 3 rings (SSSR count). The summed E-state index contributed by atoms with van der Waals surface area (Å²) in [4.78, 5) is 24.4.